The molecule has 0 unspecified atom stereocenters. The Morgan fingerprint density at radius 2 is 0.816 bits per heavy atom. The van der Waals surface area contributed by atoms with Crippen LogP contribution in [0.15, 0.2) is 12.1 Å². The molecule has 0 fully saturated rings. The third kappa shape index (κ3) is 12.4. The molecule has 0 radical (unpaired) electrons. The second-order valence-electron chi connectivity index (χ2n) is 13.1. The van der Waals surface area contributed by atoms with Gasteiger partial charge in [-0.2, -0.15) is 0 Å². The van der Waals surface area contributed by atoms with Crippen LogP contribution in [0.4, 0.5) is 11.4 Å². The topological polar surface area (TPSA) is 66.2 Å². The molecule has 0 atom stereocenters. The molecule has 1 aromatic carbocycles. The van der Waals surface area contributed by atoms with Crippen molar-refractivity contribution in [1.29, 1.82) is 0 Å². The maximum Gasteiger partial charge on any atom is 0 e. The van der Waals surface area contributed by atoms with Gasteiger partial charge in [-0.1, -0.05) is 23.2 Å². The zero-order valence-electron chi connectivity index (χ0n) is 24.9. The molecule has 0 saturated heterocycles. The molecule has 1 aliphatic rings. The maximum absolute atomic E-state index is 7.50. The van der Waals surface area contributed by atoms with E-state index in [1.807, 2.05) is 0 Å². The van der Waals surface area contributed by atoms with E-state index < -0.39 is 15.8 Å². The third-order valence-corrected chi connectivity index (χ3v) is 15.5. The molecule has 1 aromatic rings. The number of anilines is 2. The first kappa shape index (κ1) is 42.6. The van der Waals surface area contributed by atoms with Crippen molar-refractivity contribution < 1.29 is 35.0 Å². The van der Waals surface area contributed by atoms with Crippen molar-refractivity contribution in [2.75, 3.05) is 22.4 Å². The molecular formula is C28H45Cl2MoN2O3P2+. The van der Waals surface area contributed by atoms with Crippen LogP contribution in [0, 0.1) is 26.6 Å². The van der Waals surface area contributed by atoms with Gasteiger partial charge in [0.1, 0.15) is 12.6 Å². The van der Waals surface area contributed by atoms with Gasteiger partial charge in [0.15, 0.2) is 0 Å². The van der Waals surface area contributed by atoms with Crippen LogP contribution in [-0.4, -0.2) is 33.2 Å². The average molecular weight is 686 g/mol. The summed E-state index contributed by atoms with van der Waals surface area (Å²) < 4.78 is 22.5. The largest absolute Gasteiger partial charge is 0 e. The smallest absolute Gasteiger partial charge is 0 e. The van der Waals surface area contributed by atoms with Gasteiger partial charge in [0.2, 0.25) is 0 Å². The van der Waals surface area contributed by atoms with Gasteiger partial charge in [-0.05, 0) is 95.2 Å². The molecule has 2 rings (SSSR count). The molecular weight excluding hydrogens is 641 g/mol. The van der Waals surface area contributed by atoms with Crippen molar-refractivity contribution in [2.24, 2.45) is 0 Å². The SMILES string of the molecule is CC(C)(C)[PH+](CN1[CH-]N(C[PH+](C(C)(C)C)C(C)(C)C)c2cc(Cl)c(Cl)cc21)C(C)(C)C.[C-]#[O+].[C-]#[O+].[C-]#[O+].[Mo]. The molecule has 5 nitrogen and oxygen atoms in total. The Hall–Kier alpha value is 0.168. The van der Waals surface area contributed by atoms with Gasteiger partial charge in [-0.3, -0.25) is 0 Å². The van der Waals surface area contributed by atoms with Crippen LogP contribution < -0.4 is 9.80 Å². The molecule has 38 heavy (non-hydrogen) atoms. The Morgan fingerprint density at radius 3 is 1.00 bits per heavy atom. The average Bonchev–Trinajstić information content (AvgIpc) is 3.08. The maximum atomic E-state index is 7.50. The molecule has 0 N–H and O–H groups in total. The molecule has 10 heteroatoms. The van der Waals surface area contributed by atoms with Crippen LogP contribution in [0.25, 0.3) is 0 Å². The van der Waals surface area contributed by atoms with E-state index in [1.54, 1.807) is 0 Å². The number of hydrogen-bond acceptors (Lipinski definition) is 2. The number of benzene rings is 1. The van der Waals surface area contributed by atoms with Gasteiger partial charge in [-0.15, -0.1) is 6.67 Å². The molecule has 1 aliphatic heterocycles. The zero-order chi connectivity index (χ0) is 30.2. The van der Waals surface area contributed by atoms with E-state index in [9.17, 15) is 0 Å². The summed E-state index contributed by atoms with van der Waals surface area (Å²) in [6, 6.07) is 4.14. The van der Waals surface area contributed by atoms with Crippen LogP contribution in [0.1, 0.15) is 83.1 Å². The Morgan fingerprint density at radius 1 is 0.605 bits per heavy atom. The minimum absolute atomic E-state index is 0. The first-order valence-corrected chi connectivity index (χ1v) is 16.1. The van der Waals surface area contributed by atoms with E-state index >= 15 is 0 Å². The number of hydrogen-bond donors (Lipinski definition) is 0. The Kier molecular flexibility index (Phi) is 19.3. The quantitative estimate of drug-likeness (QED) is 0.137. The molecule has 0 aliphatic carbocycles. The second-order valence-corrected chi connectivity index (χ2v) is 22.4. The first-order chi connectivity index (χ1) is 16.7. The summed E-state index contributed by atoms with van der Waals surface area (Å²) in [7, 11) is -1.46. The van der Waals surface area contributed by atoms with Crippen LogP contribution in [0.5, 0.6) is 0 Å². The molecule has 0 spiro atoms. The van der Waals surface area contributed by atoms with Crippen LogP contribution in [0.3, 0.4) is 0 Å². The van der Waals surface area contributed by atoms with Crippen molar-refractivity contribution in [2.45, 2.75) is 104 Å². The fraction of sp³-hybridized carbons (Fsp3) is 0.643. The summed E-state index contributed by atoms with van der Waals surface area (Å²) in [6.07, 6.45) is 2.12. The van der Waals surface area contributed by atoms with Gasteiger partial charge in [0, 0.05) is 48.3 Å². The third-order valence-electron chi connectivity index (χ3n) is 6.19. The van der Waals surface area contributed by atoms with E-state index in [4.69, 9.17) is 37.2 Å². The molecule has 0 bridgehead atoms. The summed E-state index contributed by atoms with van der Waals surface area (Å²) >= 11 is 13.0. The standard InChI is InChI=1S/C25H43Cl2N2P2.3CO.Mo/c1-22(2,3)30(23(4,5)6)16-28-15-29(17-31(24(7,8)9)25(10,11)12)21-14-19(27)18(26)13-20(21)28;3*1-2;/h13-15H,16-17H2,1-12H3;;;;/q-1;;;;/p+2. The van der Waals surface area contributed by atoms with Gasteiger partial charge in [0.05, 0.1) is 30.7 Å². The molecule has 0 amide bonds. The molecule has 214 valence electrons. The van der Waals surface area contributed by atoms with Crippen LogP contribution in [-0.2, 0) is 35.0 Å². The summed E-state index contributed by atoms with van der Waals surface area (Å²) in [6.45, 7) is 44.6. The van der Waals surface area contributed by atoms with E-state index in [-0.39, 0.29) is 21.1 Å². The zero-order valence-corrected chi connectivity index (χ0v) is 30.4. The fourth-order valence-electron chi connectivity index (χ4n) is 5.07. The van der Waals surface area contributed by atoms with Gasteiger partial charge >= 0.3 is 33.9 Å². The Labute approximate surface area is 259 Å². The number of halogens is 2. The van der Waals surface area contributed by atoms with Crippen molar-refractivity contribution in [3.63, 3.8) is 0 Å². The molecule has 1 heterocycles. The van der Waals surface area contributed by atoms with E-state index in [1.165, 1.54) is 11.4 Å². The predicted octanol–water partition coefficient (Wildman–Crippen LogP) is 9.16. The van der Waals surface area contributed by atoms with Crippen LogP contribution in [0.2, 0.25) is 10.0 Å². The number of rotatable bonds is 4. The number of fused-ring (bicyclic) bond motifs is 1. The van der Waals surface area contributed by atoms with Crippen molar-refractivity contribution >= 4 is 50.4 Å². The Bertz CT molecular complexity index is 821. The first-order valence-electron chi connectivity index (χ1n) is 11.9. The summed E-state index contributed by atoms with van der Waals surface area (Å²) in [5.74, 6) is 0. The number of nitrogens with zero attached hydrogens (tertiary/aromatic N) is 2. The van der Waals surface area contributed by atoms with Crippen molar-refractivity contribution in [3.8, 4) is 0 Å². The van der Waals surface area contributed by atoms with E-state index in [0.29, 0.717) is 30.7 Å². The van der Waals surface area contributed by atoms with E-state index in [0.717, 1.165) is 12.6 Å². The summed E-state index contributed by atoms with van der Waals surface area (Å²) in [4.78, 5) is 4.93. The van der Waals surface area contributed by atoms with Gasteiger partial charge < -0.3 is 9.80 Å². The monoisotopic (exact) mass is 687 g/mol. The summed E-state index contributed by atoms with van der Waals surface area (Å²) in [5.41, 5.74) is 2.41. The van der Waals surface area contributed by atoms with E-state index in [2.05, 4.69) is 132 Å². The van der Waals surface area contributed by atoms with Crippen molar-refractivity contribution in [3.05, 3.63) is 48.8 Å². The second kappa shape index (κ2) is 17.2. The van der Waals surface area contributed by atoms with Crippen molar-refractivity contribution in [1.82, 2.24) is 0 Å². The normalized spacial score (nSPS) is 13.2. The minimum Gasteiger partial charge on any atom is 0 e. The minimum atomic E-state index is -0.730. The molecule has 0 aromatic heterocycles. The molecule has 0 saturated carbocycles. The summed E-state index contributed by atoms with van der Waals surface area (Å²) in [5, 5.41) is 2.47. The van der Waals surface area contributed by atoms with Gasteiger partial charge in [-0.25, -0.2) is 0 Å². The predicted molar refractivity (Wildman–Crippen MR) is 163 cm³/mol. The Balaban J connectivity index is -0.00000163. The van der Waals surface area contributed by atoms with Crippen LogP contribution >= 0.6 is 39.0 Å². The van der Waals surface area contributed by atoms with Gasteiger partial charge in [0.25, 0.3) is 0 Å². The fourth-order valence-corrected chi connectivity index (χ4v) is 13.0.